The molecule has 6 heteroatoms. The third-order valence-electron chi connectivity index (χ3n) is 4.13. The van der Waals surface area contributed by atoms with E-state index in [4.69, 9.17) is 4.74 Å². The molecule has 1 aromatic carbocycles. The predicted octanol–water partition coefficient (Wildman–Crippen LogP) is 3.11. The summed E-state index contributed by atoms with van der Waals surface area (Å²) in [5.74, 6) is 0.0840. The summed E-state index contributed by atoms with van der Waals surface area (Å²) in [5.41, 5.74) is 2.10. The van der Waals surface area contributed by atoms with Crippen molar-refractivity contribution in [3.05, 3.63) is 82.0 Å². The van der Waals surface area contributed by atoms with Crippen molar-refractivity contribution in [3.8, 4) is 11.4 Å². The smallest absolute Gasteiger partial charge is 0.268 e. The van der Waals surface area contributed by atoms with Gasteiger partial charge in [-0.1, -0.05) is 12.1 Å². The molecular weight excluding hydrogens is 330 g/mol. The Bertz CT molecular complexity index is 1020. The van der Waals surface area contributed by atoms with Crippen LogP contribution in [0.2, 0.25) is 0 Å². The molecule has 0 unspecified atom stereocenters. The highest BCUT2D eigenvalue weighted by molar-refractivity contribution is 6.05. The quantitative estimate of drug-likeness (QED) is 0.785. The van der Waals surface area contributed by atoms with E-state index in [2.05, 4.69) is 10.3 Å². The van der Waals surface area contributed by atoms with Crippen molar-refractivity contribution in [1.82, 2.24) is 9.55 Å². The van der Waals surface area contributed by atoms with E-state index in [0.29, 0.717) is 28.4 Å². The Kier molecular flexibility index (Phi) is 4.84. The monoisotopic (exact) mass is 349 g/mol. The average Bonchev–Trinajstić information content (AvgIpc) is 2.64. The van der Waals surface area contributed by atoms with Gasteiger partial charge >= 0.3 is 0 Å². The Balaban J connectivity index is 2.07. The zero-order valence-electron chi connectivity index (χ0n) is 14.8. The van der Waals surface area contributed by atoms with Gasteiger partial charge in [0.2, 0.25) is 0 Å². The molecule has 2 heterocycles. The van der Waals surface area contributed by atoms with E-state index < -0.39 is 11.5 Å². The number of nitrogens with zero attached hydrogens (tertiary/aromatic N) is 2. The van der Waals surface area contributed by atoms with Crippen molar-refractivity contribution in [2.45, 2.75) is 13.8 Å². The molecule has 132 valence electrons. The van der Waals surface area contributed by atoms with Crippen molar-refractivity contribution < 1.29 is 9.53 Å². The van der Waals surface area contributed by atoms with Crippen LogP contribution in [0.25, 0.3) is 5.69 Å². The number of benzene rings is 1. The van der Waals surface area contributed by atoms with E-state index in [9.17, 15) is 9.59 Å². The Morgan fingerprint density at radius 1 is 1.12 bits per heavy atom. The molecule has 3 aromatic rings. The first-order valence-electron chi connectivity index (χ1n) is 8.11. The van der Waals surface area contributed by atoms with Crippen molar-refractivity contribution in [3.63, 3.8) is 0 Å². The Morgan fingerprint density at radius 3 is 2.62 bits per heavy atom. The minimum absolute atomic E-state index is 0.0849. The summed E-state index contributed by atoms with van der Waals surface area (Å²) >= 11 is 0. The normalized spacial score (nSPS) is 10.4. The molecule has 26 heavy (non-hydrogen) atoms. The Labute approximate surface area is 151 Å². The van der Waals surface area contributed by atoms with Gasteiger partial charge in [-0.15, -0.1) is 0 Å². The molecule has 0 spiro atoms. The van der Waals surface area contributed by atoms with E-state index in [1.165, 1.54) is 11.7 Å². The largest absolute Gasteiger partial charge is 0.495 e. The lowest BCUT2D eigenvalue weighted by molar-refractivity contribution is 0.102. The van der Waals surface area contributed by atoms with Crippen LogP contribution in [0.3, 0.4) is 0 Å². The maximum atomic E-state index is 13.0. The number of carbonyl (C=O) groups is 1. The second-order valence-electron chi connectivity index (χ2n) is 5.81. The van der Waals surface area contributed by atoms with Crippen LogP contribution in [-0.4, -0.2) is 22.6 Å². The molecule has 1 N–H and O–H groups in total. The van der Waals surface area contributed by atoms with E-state index in [1.807, 2.05) is 12.1 Å². The number of nitrogens with one attached hydrogen (secondary N) is 1. The van der Waals surface area contributed by atoms with Crippen LogP contribution in [-0.2, 0) is 0 Å². The predicted molar refractivity (Wildman–Crippen MR) is 100 cm³/mol. The minimum atomic E-state index is -0.465. The molecular formula is C20H19N3O3. The van der Waals surface area contributed by atoms with Crippen LogP contribution in [0.5, 0.6) is 5.75 Å². The summed E-state index contributed by atoms with van der Waals surface area (Å²) in [7, 11) is 1.54. The lowest BCUT2D eigenvalue weighted by Gasteiger charge is -2.14. The number of carbonyl (C=O) groups excluding carboxylic acids is 1. The van der Waals surface area contributed by atoms with Gasteiger partial charge in [0.1, 0.15) is 11.3 Å². The number of aromatic nitrogens is 2. The number of hydrogen-bond acceptors (Lipinski definition) is 4. The maximum absolute atomic E-state index is 13.0. The molecule has 6 nitrogen and oxygen atoms in total. The summed E-state index contributed by atoms with van der Waals surface area (Å²) in [4.78, 5) is 29.9. The number of hydrogen-bond donors (Lipinski definition) is 1. The highest BCUT2D eigenvalue weighted by Gasteiger charge is 2.18. The highest BCUT2D eigenvalue weighted by Crippen LogP contribution is 2.21. The molecule has 2 aromatic heterocycles. The first kappa shape index (κ1) is 17.4. The lowest BCUT2D eigenvalue weighted by Crippen LogP contribution is -2.29. The molecule has 0 saturated carbocycles. The van der Waals surface area contributed by atoms with Gasteiger partial charge in [0.25, 0.3) is 11.5 Å². The second kappa shape index (κ2) is 7.23. The summed E-state index contributed by atoms with van der Waals surface area (Å²) in [6.07, 6.45) is 3.29. The molecule has 0 fully saturated rings. The van der Waals surface area contributed by atoms with Crippen molar-refractivity contribution in [2.75, 3.05) is 12.4 Å². The third kappa shape index (κ3) is 3.21. The molecule has 3 rings (SSSR count). The number of para-hydroxylation sites is 2. The Hall–Kier alpha value is -3.41. The third-order valence-corrected chi connectivity index (χ3v) is 4.13. The van der Waals surface area contributed by atoms with Gasteiger partial charge in [-0.25, -0.2) is 0 Å². The molecule has 0 aliphatic heterocycles. The number of rotatable bonds is 4. The number of anilines is 1. The van der Waals surface area contributed by atoms with Crippen LogP contribution in [0.15, 0.2) is 59.7 Å². The second-order valence-corrected chi connectivity index (χ2v) is 5.81. The molecule has 0 saturated heterocycles. The van der Waals surface area contributed by atoms with Crippen molar-refractivity contribution in [1.29, 1.82) is 0 Å². The number of pyridine rings is 2. The SMILES string of the molecule is COc1ccccc1-n1ccc(C)c(C(=O)Nc2cccnc2C)c1=O. The van der Waals surface area contributed by atoms with Gasteiger partial charge in [0, 0.05) is 12.4 Å². The van der Waals surface area contributed by atoms with E-state index in [1.54, 1.807) is 56.6 Å². The zero-order chi connectivity index (χ0) is 18.7. The first-order valence-corrected chi connectivity index (χ1v) is 8.11. The number of ether oxygens (including phenoxy) is 1. The zero-order valence-corrected chi connectivity index (χ0v) is 14.8. The molecule has 0 atom stereocenters. The average molecular weight is 349 g/mol. The summed E-state index contributed by atoms with van der Waals surface area (Å²) < 4.78 is 6.74. The van der Waals surface area contributed by atoms with E-state index >= 15 is 0 Å². The van der Waals surface area contributed by atoms with Gasteiger partial charge in [-0.2, -0.15) is 0 Å². The van der Waals surface area contributed by atoms with Crippen LogP contribution in [0.4, 0.5) is 5.69 Å². The maximum Gasteiger partial charge on any atom is 0.268 e. The fourth-order valence-corrected chi connectivity index (χ4v) is 2.72. The first-order chi connectivity index (χ1) is 12.5. The summed E-state index contributed by atoms with van der Waals surface area (Å²) in [5, 5.41) is 2.77. The van der Waals surface area contributed by atoms with Crippen LogP contribution < -0.4 is 15.6 Å². The number of amides is 1. The van der Waals surface area contributed by atoms with Crippen LogP contribution in [0, 0.1) is 13.8 Å². The van der Waals surface area contributed by atoms with Crippen molar-refractivity contribution in [2.24, 2.45) is 0 Å². The van der Waals surface area contributed by atoms with Gasteiger partial charge in [0.05, 0.1) is 24.2 Å². The number of methoxy groups -OCH3 is 1. The number of aryl methyl sites for hydroxylation is 2. The fraction of sp³-hybridized carbons (Fsp3) is 0.150. The van der Waals surface area contributed by atoms with Gasteiger partial charge in [-0.05, 0) is 49.7 Å². The van der Waals surface area contributed by atoms with Gasteiger partial charge < -0.3 is 10.1 Å². The highest BCUT2D eigenvalue weighted by atomic mass is 16.5. The standard InChI is InChI=1S/C20H19N3O3/c1-13-10-12-23(16-8-4-5-9-17(16)26-3)20(25)18(13)19(24)22-15-7-6-11-21-14(15)2/h4-12H,1-3H3,(H,22,24). The molecule has 0 radical (unpaired) electrons. The summed E-state index contributed by atoms with van der Waals surface area (Å²) in [6.45, 7) is 3.53. The van der Waals surface area contributed by atoms with E-state index in [0.717, 1.165) is 0 Å². The van der Waals surface area contributed by atoms with Crippen LogP contribution in [0.1, 0.15) is 21.6 Å². The minimum Gasteiger partial charge on any atom is -0.495 e. The molecule has 1 amide bonds. The topological polar surface area (TPSA) is 73.2 Å². The Morgan fingerprint density at radius 2 is 1.88 bits per heavy atom. The summed E-state index contributed by atoms with van der Waals surface area (Å²) in [6, 6.07) is 12.4. The molecule has 0 aliphatic rings. The van der Waals surface area contributed by atoms with Gasteiger partial charge in [-0.3, -0.25) is 19.1 Å². The van der Waals surface area contributed by atoms with E-state index in [-0.39, 0.29) is 5.56 Å². The van der Waals surface area contributed by atoms with Crippen molar-refractivity contribution >= 4 is 11.6 Å². The fourth-order valence-electron chi connectivity index (χ4n) is 2.72. The van der Waals surface area contributed by atoms with Gasteiger partial charge in [0.15, 0.2) is 0 Å². The molecule has 0 bridgehead atoms. The lowest BCUT2D eigenvalue weighted by atomic mass is 10.1. The van der Waals surface area contributed by atoms with Crippen LogP contribution >= 0.6 is 0 Å². The molecule has 0 aliphatic carbocycles.